The summed E-state index contributed by atoms with van der Waals surface area (Å²) in [5.74, 6) is 0.807. The number of ether oxygens (including phenoxy) is 3. The van der Waals surface area contributed by atoms with Crippen LogP contribution in [0.1, 0.15) is 11.1 Å². The number of nitrogens with zero attached hydrogens (tertiary/aromatic N) is 2. The van der Waals surface area contributed by atoms with Crippen LogP contribution in [0.4, 0.5) is 0 Å². The molecule has 0 bridgehead atoms. The van der Waals surface area contributed by atoms with E-state index in [9.17, 15) is 8.42 Å². The lowest BCUT2D eigenvalue weighted by Gasteiger charge is -2.19. The zero-order chi connectivity index (χ0) is 21.4. The Labute approximate surface area is 177 Å². The lowest BCUT2D eigenvalue weighted by molar-refractivity contribution is -0.0373. The minimum Gasteiger partial charge on any atom is -0.497 e. The average Bonchev–Trinajstić information content (AvgIpc) is 3.25. The molecule has 0 amide bonds. The molecule has 3 aromatic rings. The molecule has 0 aliphatic rings. The Balaban J connectivity index is 1.56. The number of methoxy groups -OCH3 is 1. The molecule has 30 heavy (non-hydrogen) atoms. The maximum atomic E-state index is 11.6. The quantitative estimate of drug-likeness (QED) is 0.465. The number of imidazole rings is 1. The second kappa shape index (κ2) is 10.4. The predicted octanol–water partition coefficient (Wildman–Crippen LogP) is 3.10. The highest BCUT2D eigenvalue weighted by molar-refractivity contribution is 7.90. The maximum Gasteiger partial charge on any atom is 0.175 e. The van der Waals surface area contributed by atoms with E-state index in [1.165, 1.54) is 6.26 Å². The lowest BCUT2D eigenvalue weighted by atomic mass is 10.2. The Hall–Kier alpha value is -2.68. The van der Waals surface area contributed by atoms with Gasteiger partial charge in [-0.1, -0.05) is 24.3 Å². The first kappa shape index (κ1) is 22.0. The molecule has 0 radical (unpaired) electrons. The SMILES string of the molecule is COc1ccc(COCC(Cn2ccnc2)OCc2ccc(S(C)(=O)=O)cc2)cc1. The summed E-state index contributed by atoms with van der Waals surface area (Å²) in [6.45, 7) is 1.84. The van der Waals surface area contributed by atoms with Crippen molar-refractivity contribution in [3.05, 3.63) is 78.4 Å². The van der Waals surface area contributed by atoms with Gasteiger partial charge in [-0.05, 0) is 35.4 Å². The second-order valence-electron chi connectivity index (χ2n) is 6.97. The highest BCUT2D eigenvalue weighted by Crippen LogP contribution is 2.14. The van der Waals surface area contributed by atoms with Crippen molar-refractivity contribution >= 4 is 9.84 Å². The third kappa shape index (κ3) is 6.69. The van der Waals surface area contributed by atoms with Crippen molar-refractivity contribution in [2.45, 2.75) is 30.8 Å². The van der Waals surface area contributed by atoms with Crippen LogP contribution in [0.3, 0.4) is 0 Å². The van der Waals surface area contributed by atoms with Crippen LogP contribution in [-0.4, -0.2) is 44.0 Å². The van der Waals surface area contributed by atoms with Gasteiger partial charge in [0.05, 0.1) is 50.8 Å². The van der Waals surface area contributed by atoms with Gasteiger partial charge in [0.25, 0.3) is 0 Å². The molecule has 0 fully saturated rings. The second-order valence-corrected chi connectivity index (χ2v) is 8.99. The van der Waals surface area contributed by atoms with E-state index in [2.05, 4.69) is 4.98 Å². The van der Waals surface area contributed by atoms with E-state index < -0.39 is 9.84 Å². The molecule has 0 saturated carbocycles. The molecule has 160 valence electrons. The largest absolute Gasteiger partial charge is 0.497 e. The Morgan fingerprint density at radius 1 is 1.00 bits per heavy atom. The van der Waals surface area contributed by atoms with Gasteiger partial charge >= 0.3 is 0 Å². The zero-order valence-corrected chi connectivity index (χ0v) is 17.9. The summed E-state index contributed by atoms with van der Waals surface area (Å²) in [4.78, 5) is 4.36. The monoisotopic (exact) mass is 430 g/mol. The number of aromatic nitrogens is 2. The molecule has 1 aromatic heterocycles. The van der Waals surface area contributed by atoms with E-state index in [1.807, 2.05) is 35.0 Å². The van der Waals surface area contributed by atoms with Gasteiger partial charge in [-0.25, -0.2) is 13.4 Å². The van der Waals surface area contributed by atoms with Crippen LogP contribution in [0.15, 0.2) is 72.1 Å². The van der Waals surface area contributed by atoms with E-state index in [4.69, 9.17) is 14.2 Å². The summed E-state index contributed by atoms with van der Waals surface area (Å²) in [5.41, 5.74) is 1.95. The molecule has 0 spiro atoms. The molecular weight excluding hydrogens is 404 g/mol. The third-order valence-corrected chi connectivity index (χ3v) is 5.67. The molecule has 0 aliphatic carbocycles. The van der Waals surface area contributed by atoms with Crippen molar-refractivity contribution in [3.8, 4) is 5.75 Å². The minimum atomic E-state index is -3.21. The van der Waals surface area contributed by atoms with Crippen LogP contribution in [0.5, 0.6) is 5.75 Å². The van der Waals surface area contributed by atoms with Gasteiger partial charge in [0.15, 0.2) is 9.84 Å². The number of rotatable bonds is 11. The summed E-state index contributed by atoms with van der Waals surface area (Å²) in [6, 6.07) is 14.5. The Bertz CT molecular complexity index is 1000. The minimum absolute atomic E-state index is 0.188. The van der Waals surface area contributed by atoms with Crippen LogP contribution < -0.4 is 4.74 Å². The van der Waals surface area contributed by atoms with Gasteiger partial charge in [0, 0.05) is 18.6 Å². The van der Waals surface area contributed by atoms with Gasteiger partial charge in [-0.3, -0.25) is 0 Å². The van der Waals surface area contributed by atoms with Gasteiger partial charge in [-0.15, -0.1) is 0 Å². The Morgan fingerprint density at radius 3 is 2.27 bits per heavy atom. The number of hydrogen-bond acceptors (Lipinski definition) is 6. The van der Waals surface area contributed by atoms with Gasteiger partial charge < -0.3 is 18.8 Å². The number of benzene rings is 2. The molecule has 0 aliphatic heterocycles. The normalized spacial score (nSPS) is 12.6. The van der Waals surface area contributed by atoms with Gasteiger partial charge in [0.1, 0.15) is 5.75 Å². The molecule has 1 atom stereocenters. The first-order valence-corrected chi connectivity index (χ1v) is 11.4. The van der Waals surface area contributed by atoms with E-state index >= 15 is 0 Å². The third-order valence-electron chi connectivity index (χ3n) is 4.54. The first-order chi connectivity index (χ1) is 14.4. The van der Waals surface area contributed by atoms with Crippen LogP contribution in [0, 0.1) is 0 Å². The molecule has 1 heterocycles. The standard InChI is InChI=1S/C22H26N2O5S/c1-27-20-7-3-18(4-8-20)14-28-16-21(13-24-12-11-23-17-24)29-15-19-5-9-22(10-6-19)30(2,25)26/h3-12,17,21H,13-16H2,1-2H3. The van der Waals surface area contributed by atoms with E-state index in [-0.39, 0.29) is 6.10 Å². The van der Waals surface area contributed by atoms with Crippen molar-refractivity contribution in [2.24, 2.45) is 0 Å². The summed E-state index contributed by atoms with van der Waals surface area (Å²) >= 11 is 0. The van der Waals surface area contributed by atoms with Crippen molar-refractivity contribution in [1.29, 1.82) is 0 Å². The predicted molar refractivity (Wildman–Crippen MR) is 113 cm³/mol. The summed E-state index contributed by atoms with van der Waals surface area (Å²) in [5, 5.41) is 0. The van der Waals surface area contributed by atoms with E-state index in [0.717, 1.165) is 16.9 Å². The topological polar surface area (TPSA) is 79.7 Å². The van der Waals surface area contributed by atoms with Crippen LogP contribution >= 0.6 is 0 Å². The average molecular weight is 431 g/mol. The number of sulfone groups is 1. The van der Waals surface area contributed by atoms with Crippen molar-refractivity contribution in [1.82, 2.24) is 9.55 Å². The molecule has 7 nitrogen and oxygen atoms in total. The summed E-state index contributed by atoms with van der Waals surface area (Å²) in [6.07, 6.45) is 6.34. The summed E-state index contributed by atoms with van der Waals surface area (Å²) < 4.78 is 42.2. The molecule has 0 N–H and O–H groups in total. The fourth-order valence-electron chi connectivity index (χ4n) is 2.86. The van der Waals surface area contributed by atoms with Gasteiger partial charge in [-0.2, -0.15) is 0 Å². The van der Waals surface area contributed by atoms with E-state index in [1.54, 1.807) is 43.9 Å². The van der Waals surface area contributed by atoms with Crippen LogP contribution in [0.25, 0.3) is 0 Å². The molecule has 1 unspecified atom stereocenters. The van der Waals surface area contributed by atoms with Gasteiger partial charge in [0.2, 0.25) is 0 Å². The molecular formula is C22H26N2O5S. The molecule has 2 aromatic carbocycles. The fraction of sp³-hybridized carbons (Fsp3) is 0.318. The van der Waals surface area contributed by atoms with Crippen LogP contribution in [0.2, 0.25) is 0 Å². The smallest absolute Gasteiger partial charge is 0.175 e. The maximum absolute atomic E-state index is 11.6. The lowest BCUT2D eigenvalue weighted by Crippen LogP contribution is -2.25. The zero-order valence-electron chi connectivity index (χ0n) is 17.1. The Kier molecular flexibility index (Phi) is 7.62. The first-order valence-electron chi connectivity index (χ1n) is 9.51. The van der Waals surface area contributed by atoms with Crippen molar-refractivity contribution < 1.29 is 22.6 Å². The highest BCUT2D eigenvalue weighted by atomic mass is 32.2. The van der Waals surface area contributed by atoms with Crippen LogP contribution in [-0.2, 0) is 39.1 Å². The number of hydrogen-bond donors (Lipinski definition) is 0. The fourth-order valence-corrected chi connectivity index (χ4v) is 3.49. The van der Waals surface area contributed by atoms with Crippen molar-refractivity contribution in [3.63, 3.8) is 0 Å². The highest BCUT2D eigenvalue weighted by Gasteiger charge is 2.12. The van der Waals surface area contributed by atoms with Crippen molar-refractivity contribution in [2.75, 3.05) is 20.0 Å². The molecule has 0 saturated heterocycles. The summed E-state index contributed by atoms with van der Waals surface area (Å²) in [7, 11) is -1.57. The molecule has 3 rings (SSSR count). The Morgan fingerprint density at radius 2 is 1.67 bits per heavy atom. The van der Waals surface area contributed by atoms with E-state index in [0.29, 0.717) is 31.3 Å². The molecule has 8 heteroatoms.